The summed E-state index contributed by atoms with van der Waals surface area (Å²) in [4.78, 5) is 24.8. The number of piperidine rings is 1. The fourth-order valence-electron chi connectivity index (χ4n) is 2.49. The van der Waals surface area contributed by atoms with Gasteiger partial charge in [-0.15, -0.1) is 0 Å². The summed E-state index contributed by atoms with van der Waals surface area (Å²) < 4.78 is 0. The Labute approximate surface area is 108 Å². The van der Waals surface area contributed by atoms with Crippen LogP contribution in [0.4, 0.5) is 0 Å². The van der Waals surface area contributed by atoms with Gasteiger partial charge in [-0.1, -0.05) is 13.3 Å². The molecular weight excluding hydrogens is 232 g/mol. The van der Waals surface area contributed by atoms with E-state index in [1.165, 1.54) is 6.92 Å². The lowest BCUT2D eigenvalue weighted by Crippen LogP contribution is -2.53. The first kappa shape index (κ1) is 14.9. The summed E-state index contributed by atoms with van der Waals surface area (Å²) in [6.07, 6.45) is 3.53. The molecule has 1 aliphatic rings. The maximum atomic E-state index is 11.7. The molecule has 1 heterocycles. The molecule has 6 nitrogen and oxygen atoms in total. The molecule has 1 saturated heterocycles. The first-order chi connectivity index (χ1) is 8.58. The fourth-order valence-corrected chi connectivity index (χ4v) is 2.49. The molecule has 0 aliphatic carbocycles. The Kier molecular flexibility index (Phi) is 6.07. The van der Waals surface area contributed by atoms with E-state index in [0.717, 1.165) is 38.8 Å². The lowest BCUT2D eigenvalue weighted by atomic mass is 10.0. The molecule has 18 heavy (non-hydrogen) atoms. The summed E-state index contributed by atoms with van der Waals surface area (Å²) in [5, 5.41) is 2.93. The topological polar surface area (TPSA) is 87.5 Å². The van der Waals surface area contributed by atoms with Crippen LogP contribution >= 0.6 is 0 Å². The van der Waals surface area contributed by atoms with Gasteiger partial charge in [-0.25, -0.2) is 5.84 Å². The summed E-state index contributed by atoms with van der Waals surface area (Å²) in [5.74, 6) is 5.12. The summed E-state index contributed by atoms with van der Waals surface area (Å²) in [7, 11) is 0. The fraction of sp³-hybridized carbons (Fsp3) is 0.833. The van der Waals surface area contributed by atoms with Gasteiger partial charge in [0.25, 0.3) is 5.91 Å². The molecule has 0 radical (unpaired) electrons. The Balaban J connectivity index is 2.48. The average molecular weight is 256 g/mol. The summed E-state index contributed by atoms with van der Waals surface area (Å²) >= 11 is 0. The molecule has 2 amide bonds. The third kappa shape index (κ3) is 4.27. The average Bonchev–Trinajstić information content (AvgIpc) is 2.35. The number of likely N-dealkylation sites (tertiary alicyclic amines) is 1. The number of nitrogens with two attached hydrogens (primary N) is 1. The van der Waals surface area contributed by atoms with E-state index in [4.69, 9.17) is 5.84 Å². The Morgan fingerprint density at radius 1 is 1.39 bits per heavy atom. The minimum absolute atomic E-state index is 0.0123. The highest BCUT2D eigenvalue weighted by Crippen LogP contribution is 2.16. The molecule has 1 atom stereocenters. The van der Waals surface area contributed by atoms with E-state index in [0.29, 0.717) is 0 Å². The third-order valence-electron chi connectivity index (χ3n) is 3.38. The summed E-state index contributed by atoms with van der Waals surface area (Å²) in [5.41, 5.74) is 2.24. The highest BCUT2D eigenvalue weighted by atomic mass is 16.2. The van der Waals surface area contributed by atoms with Gasteiger partial charge in [0, 0.05) is 26.1 Å². The van der Waals surface area contributed by atoms with E-state index in [9.17, 15) is 9.59 Å². The normalized spacial score (nSPS) is 19.3. The van der Waals surface area contributed by atoms with Crippen molar-refractivity contribution in [3.63, 3.8) is 0 Å². The van der Waals surface area contributed by atoms with Crippen LogP contribution in [0.3, 0.4) is 0 Å². The van der Waals surface area contributed by atoms with Crippen molar-refractivity contribution in [2.75, 3.05) is 13.1 Å². The lowest BCUT2D eigenvalue weighted by Gasteiger charge is -2.36. The van der Waals surface area contributed by atoms with E-state index >= 15 is 0 Å². The second-order valence-electron chi connectivity index (χ2n) is 4.82. The summed E-state index contributed by atoms with van der Waals surface area (Å²) in [6, 6.07) is 0.0974. The van der Waals surface area contributed by atoms with Crippen molar-refractivity contribution in [1.82, 2.24) is 15.6 Å². The van der Waals surface area contributed by atoms with E-state index in [1.807, 2.05) is 0 Å². The Morgan fingerprint density at radius 3 is 2.44 bits per heavy atom. The minimum atomic E-state index is -0.140. The largest absolute Gasteiger partial charge is 0.354 e. The molecule has 0 aromatic heterocycles. The predicted octanol–water partition coefficient (Wildman–Crippen LogP) is -0.254. The molecule has 1 fully saturated rings. The number of carbonyl (C=O) groups is 2. The number of amides is 2. The Morgan fingerprint density at radius 2 is 2.00 bits per heavy atom. The maximum absolute atomic E-state index is 11.7. The van der Waals surface area contributed by atoms with Crippen LogP contribution in [0.15, 0.2) is 0 Å². The van der Waals surface area contributed by atoms with Crippen LogP contribution in [0.5, 0.6) is 0 Å². The van der Waals surface area contributed by atoms with Crippen LogP contribution in [-0.4, -0.2) is 41.9 Å². The predicted molar refractivity (Wildman–Crippen MR) is 69.4 cm³/mol. The molecule has 4 N–H and O–H groups in total. The van der Waals surface area contributed by atoms with Crippen LogP contribution in [-0.2, 0) is 9.59 Å². The number of carbonyl (C=O) groups excluding carboxylic acids is 2. The first-order valence-corrected chi connectivity index (χ1v) is 6.60. The van der Waals surface area contributed by atoms with Crippen molar-refractivity contribution < 1.29 is 9.59 Å². The van der Waals surface area contributed by atoms with Crippen molar-refractivity contribution >= 4 is 11.8 Å². The highest BCUT2D eigenvalue weighted by molar-refractivity contribution is 5.81. The Hall–Kier alpha value is -1.14. The van der Waals surface area contributed by atoms with Gasteiger partial charge < -0.3 is 5.32 Å². The van der Waals surface area contributed by atoms with Crippen molar-refractivity contribution in [1.29, 1.82) is 0 Å². The molecule has 0 aromatic carbocycles. The molecular formula is C12H24N4O2. The van der Waals surface area contributed by atoms with Crippen molar-refractivity contribution in [3.8, 4) is 0 Å². The number of hydrogen-bond donors (Lipinski definition) is 3. The van der Waals surface area contributed by atoms with Gasteiger partial charge in [0.15, 0.2) is 0 Å². The van der Waals surface area contributed by atoms with Crippen molar-refractivity contribution in [3.05, 3.63) is 0 Å². The standard InChI is InChI=1S/C12H24N4O2/c1-3-4-11(12(18)15-13)16-7-5-10(6-8-16)14-9(2)17/h10-11H,3-8,13H2,1-2H3,(H,14,17)(H,15,18). The van der Waals surface area contributed by atoms with E-state index in [1.54, 1.807) is 0 Å². The molecule has 0 saturated carbocycles. The van der Waals surface area contributed by atoms with Crippen LogP contribution in [0.25, 0.3) is 0 Å². The van der Waals surface area contributed by atoms with Crippen molar-refractivity contribution in [2.24, 2.45) is 5.84 Å². The second kappa shape index (κ2) is 7.33. The molecule has 0 aromatic rings. The number of nitrogens with one attached hydrogen (secondary N) is 2. The minimum Gasteiger partial charge on any atom is -0.354 e. The van der Waals surface area contributed by atoms with Gasteiger partial charge in [-0.05, 0) is 19.3 Å². The zero-order valence-corrected chi connectivity index (χ0v) is 11.2. The second-order valence-corrected chi connectivity index (χ2v) is 4.82. The van der Waals surface area contributed by atoms with E-state index in [2.05, 4.69) is 22.6 Å². The van der Waals surface area contributed by atoms with Crippen LogP contribution in [0.1, 0.15) is 39.5 Å². The van der Waals surface area contributed by atoms with E-state index < -0.39 is 0 Å². The summed E-state index contributed by atoms with van der Waals surface area (Å²) in [6.45, 7) is 5.24. The SMILES string of the molecule is CCCC(C(=O)NN)N1CCC(NC(C)=O)CC1. The molecule has 104 valence electrons. The maximum Gasteiger partial charge on any atom is 0.251 e. The Bertz CT molecular complexity index is 288. The molecule has 1 rings (SSSR count). The molecule has 6 heteroatoms. The van der Waals surface area contributed by atoms with Crippen LogP contribution in [0, 0.1) is 0 Å². The molecule has 1 aliphatic heterocycles. The van der Waals surface area contributed by atoms with Crippen LogP contribution in [0.2, 0.25) is 0 Å². The molecule has 1 unspecified atom stereocenters. The van der Waals surface area contributed by atoms with Crippen LogP contribution < -0.4 is 16.6 Å². The molecule has 0 spiro atoms. The smallest absolute Gasteiger partial charge is 0.251 e. The first-order valence-electron chi connectivity index (χ1n) is 6.60. The monoisotopic (exact) mass is 256 g/mol. The van der Waals surface area contributed by atoms with Gasteiger partial charge >= 0.3 is 0 Å². The van der Waals surface area contributed by atoms with Gasteiger partial charge in [0.05, 0.1) is 6.04 Å². The van der Waals surface area contributed by atoms with Gasteiger partial charge in [0.1, 0.15) is 0 Å². The zero-order chi connectivity index (χ0) is 13.5. The number of nitrogens with zero attached hydrogens (tertiary/aromatic N) is 1. The molecule has 0 bridgehead atoms. The number of rotatable bonds is 5. The van der Waals surface area contributed by atoms with Gasteiger partial charge in [0.2, 0.25) is 5.91 Å². The van der Waals surface area contributed by atoms with Crippen molar-refractivity contribution in [2.45, 2.75) is 51.6 Å². The quantitative estimate of drug-likeness (QED) is 0.359. The van der Waals surface area contributed by atoms with Gasteiger partial charge in [-0.2, -0.15) is 0 Å². The third-order valence-corrected chi connectivity index (χ3v) is 3.38. The van der Waals surface area contributed by atoms with Gasteiger partial charge in [-0.3, -0.25) is 19.9 Å². The number of hydrazine groups is 1. The highest BCUT2D eigenvalue weighted by Gasteiger charge is 2.28. The van der Waals surface area contributed by atoms with E-state index in [-0.39, 0.29) is 23.9 Å². The number of hydrogen-bond acceptors (Lipinski definition) is 4. The lowest BCUT2D eigenvalue weighted by molar-refractivity contribution is -0.128. The zero-order valence-electron chi connectivity index (χ0n) is 11.2.